The molecule has 1 aromatic carbocycles. The van der Waals surface area contributed by atoms with Gasteiger partial charge in [-0.25, -0.2) is 10.4 Å². The van der Waals surface area contributed by atoms with E-state index in [9.17, 15) is 25.3 Å². The number of aromatic nitrogens is 1. The van der Waals surface area contributed by atoms with E-state index in [0.29, 0.717) is 11.3 Å². The first-order valence-electron chi connectivity index (χ1n) is 8.70. The van der Waals surface area contributed by atoms with E-state index < -0.39 is 28.9 Å². The van der Waals surface area contributed by atoms with E-state index in [-0.39, 0.29) is 29.4 Å². The van der Waals surface area contributed by atoms with Crippen LogP contribution in [0.25, 0.3) is 0 Å². The molecule has 1 heterocycles. The van der Waals surface area contributed by atoms with Gasteiger partial charge in [0.1, 0.15) is 11.6 Å². The SMILES string of the molecule is COCc1cc(C)nc(OCC(=O)N/N=C\c2cc(OC)c(O)c([N+](=O)[O-])c2)c1C#N. The zero-order valence-corrected chi connectivity index (χ0v) is 16.9. The molecule has 1 amide bonds. The Kier molecular flexibility index (Phi) is 7.81. The summed E-state index contributed by atoms with van der Waals surface area (Å²) in [6.07, 6.45) is 1.13. The highest BCUT2D eigenvalue weighted by Crippen LogP contribution is 2.36. The summed E-state index contributed by atoms with van der Waals surface area (Å²) in [6, 6.07) is 6.04. The van der Waals surface area contributed by atoms with E-state index in [4.69, 9.17) is 14.2 Å². The van der Waals surface area contributed by atoms with Crippen LogP contribution in [0.1, 0.15) is 22.4 Å². The highest BCUT2D eigenvalue weighted by Gasteiger charge is 2.19. The van der Waals surface area contributed by atoms with Gasteiger partial charge in [-0.3, -0.25) is 14.9 Å². The Morgan fingerprint density at radius 2 is 2.16 bits per heavy atom. The number of methoxy groups -OCH3 is 2. The molecule has 0 aliphatic rings. The number of pyridine rings is 1. The number of nitriles is 1. The first-order chi connectivity index (χ1) is 14.8. The highest BCUT2D eigenvalue weighted by molar-refractivity contribution is 5.85. The number of hydrogen-bond donors (Lipinski definition) is 2. The Morgan fingerprint density at radius 1 is 1.42 bits per heavy atom. The van der Waals surface area contributed by atoms with Gasteiger partial charge in [0.05, 0.1) is 24.9 Å². The molecule has 0 aliphatic carbocycles. The maximum Gasteiger partial charge on any atom is 0.315 e. The maximum absolute atomic E-state index is 12.0. The summed E-state index contributed by atoms with van der Waals surface area (Å²) in [5, 5.41) is 33.8. The number of hydrazone groups is 1. The number of ether oxygens (including phenoxy) is 3. The van der Waals surface area contributed by atoms with Crippen molar-refractivity contribution in [2.45, 2.75) is 13.5 Å². The number of nitrogens with one attached hydrogen (secondary N) is 1. The van der Waals surface area contributed by atoms with Crippen LogP contribution in [0, 0.1) is 28.4 Å². The van der Waals surface area contributed by atoms with Crippen molar-refractivity contribution < 1.29 is 29.0 Å². The molecule has 0 spiro atoms. The summed E-state index contributed by atoms with van der Waals surface area (Å²) in [7, 11) is 2.73. The summed E-state index contributed by atoms with van der Waals surface area (Å²) < 4.78 is 15.3. The molecule has 2 rings (SSSR count). The predicted octanol–water partition coefficient (Wildman–Crippen LogP) is 1.56. The van der Waals surface area contributed by atoms with Crippen molar-refractivity contribution >= 4 is 17.8 Å². The molecule has 0 aliphatic heterocycles. The summed E-state index contributed by atoms with van der Waals surface area (Å²) >= 11 is 0. The Bertz CT molecular complexity index is 1060. The van der Waals surface area contributed by atoms with Crippen molar-refractivity contribution in [3.63, 3.8) is 0 Å². The number of rotatable bonds is 9. The van der Waals surface area contributed by atoms with E-state index in [2.05, 4.69) is 15.5 Å². The quantitative estimate of drug-likeness (QED) is 0.341. The first kappa shape index (κ1) is 23.0. The fourth-order valence-corrected chi connectivity index (χ4v) is 2.53. The fourth-order valence-electron chi connectivity index (χ4n) is 2.53. The number of carbonyl (C=O) groups excluding carboxylic acids is 1. The Balaban J connectivity index is 2.07. The average Bonchev–Trinajstić information content (AvgIpc) is 2.73. The number of nitro groups is 1. The van der Waals surface area contributed by atoms with Gasteiger partial charge in [-0.15, -0.1) is 0 Å². The smallest absolute Gasteiger partial charge is 0.315 e. The second kappa shape index (κ2) is 10.5. The number of aryl methyl sites for hydroxylation is 1. The third kappa shape index (κ3) is 5.87. The molecular formula is C19H19N5O7. The van der Waals surface area contributed by atoms with Gasteiger partial charge in [0.25, 0.3) is 5.91 Å². The lowest BCUT2D eigenvalue weighted by Crippen LogP contribution is -2.25. The van der Waals surface area contributed by atoms with Crippen LogP contribution < -0.4 is 14.9 Å². The van der Waals surface area contributed by atoms with E-state index in [1.807, 2.05) is 6.07 Å². The lowest BCUT2D eigenvalue weighted by molar-refractivity contribution is -0.386. The summed E-state index contributed by atoms with van der Waals surface area (Å²) in [5.74, 6) is -1.40. The molecule has 0 saturated carbocycles. The van der Waals surface area contributed by atoms with Gasteiger partial charge in [-0.05, 0) is 19.1 Å². The molecule has 2 N–H and O–H groups in total. The van der Waals surface area contributed by atoms with Crippen LogP contribution in [0.4, 0.5) is 5.69 Å². The molecule has 12 nitrogen and oxygen atoms in total. The Hall–Kier alpha value is -4.24. The highest BCUT2D eigenvalue weighted by atomic mass is 16.6. The van der Waals surface area contributed by atoms with Crippen molar-refractivity contribution in [3.8, 4) is 23.4 Å². The van der Waals surface area contributed by atoms with E-state index in [1.165, 1.54) is 20.3 Å². The van der Waals surface area contributed by atoms with Crippen LogP contribution in [-0.2, 0) is 16.1 Å². The minimum atomic E-state index is -0.777. The minimum Gasteiger partial charge on any atom is -0.500 e. The number of aromatic hydroxyl groups is 1. The summed E-state index contributed by atoms with van der Waals surface area (Å²) in [5.41, 5.74) is 3.15. The molecule has 0 radical (unpaired) electrons. The molecule has 12 heteroatoms. The number of amides is 1. The van der Waals surface area contributed by atoms with Crippen molar-refractivity contribution in [1.82, 2.24) is 10.4 Å². The second-order valence-electron chi connectivity index (χ2n) is 6.08. The van der Waals surface area contributed by atoms with Gasteiger partial charge in [-0.1, -0.05) is 0 Å². The van der Waals surface area contributed by atoms with Crippen molar-refractivity contribution in [1.29, 1.82) is 5.26 Å². The van der Waals surface area contributed by atoms with Gasteiger partial charge in [0, 0.05) is 30.0 Å². The monoisotopic (exact) mass is 429 g/mol. The normalized spacial score (nSPS) is 10.5. The number of phenols is 1. The van der Waals surface area contributed by atoms with Crippen LogP contribution in [0.5, 0.6) is 17.4 Å². The third-order valence-electron chi connectivity index (χ3n) is 3.84. The zero-order chi connectivity index (χ0) is 23.0. The van der Waals surface area contributed by atoms with E-state index >= 15 is 0 Å². The van der Waals surface area contributed by atoms with Gasteiger partial charge >= 0.3 is 5.69 Å². The number of nitro benzene ring substituents is 1. The number of carbonyl (C=O) groups is 1. The number of phenolic OH excluding ortho intramolecular Hbond substituents is 1. The van der Waals surface area contributed by atoms with Crippen LogP contribution in [0.2, 0.25) is 0 Å². The molecule has 0 unspecified atom stereocenters. The topological polar surface area (TPSA) is 169 Å². The predicted molar refractivity (Wildman–Crippen MR) is 107 cm³/mol. The summed E-state index contributed by atoms with van der Waals surface area (Å²) in [4.78, 5) is 26.3. The number of nitrogens with zero attached hydrogens (tertiary/aromatic N) is 4. The second-order valence-corrected chi connectivity index (χ2v) is 6.08. The largest absolute Gasteiger partial charge is 0.500 e. The molecule has 2 aromatic rings. The Labute approximate surface area is 176 Å². The molecule has 0 saturated heterocycles. The molecule has 162 valence electrons. The van der Waals surface area contributed by atoms with Crippen molar-refractivity contribution in [2.24, 2.45) is 5.10 Å². The van der Waals surface area contributed by atoms with Crippen LogP contribution in [0.3, 0.4) is 0 Å². The number of hydrogen-bond acceptors (Lipinski definition) is 10. The third-order valence-corrected chi connectivity index (χ3v) is 3.84. The molecule has 31 heavy (non-hydrogen) atoms. The minimum absolute atomic E-state index is 0.00687. The zero-order valence-electron chi connectivity index (χ0n) is 16.9. The van der Waals surface area contributed by atoms with Crippen LogP contribution in [-0.4, -0.2) is 48.0 Å². The lowest BCUT2D eigenvalue weighted by Gasteiger charge is -2.10. The van der Waals surface area contributed by atoms with Gasteiger partial charge in [-0.2, -0.15) is 10.4 Å². The van der Waals surface area contributed by atoms with Gasteiger partial charge < -0.3 is 19.3 Å². The molecule has 0 bridgehead atoms. The van der Waals surface area contributed by atoms with Gasteiger partial charge in [0.2, 0.25) is 11.6 Å². The summed E-state index contributed by atoms with van der Waals surface area (Å²) in [6.45, 7) is 1.41. The maximum atomic E-state index is 12.0. The molecule has 0 fully saturated rings. The average molecular weight is 429 g/mol. The lowest BCUT2D eigenvalue weighted by atomic mass is 10.1. The molecule has 1 aromatic heterocycles. The van der Waals surface area contributed by atoms with Crippen molar-refractivity contribution in [3.05, 3.63) is 50.7 Å². The molecule has 0 atom stereocenters. The van der Waals surface area contributed by atoms with Crippen molar-refractivity contribution in [2.75, 3.05) is 20.8 Å². The number of benzene rings is 1. The van der Waals surface area contributed by atoms with Crippen LogP contribution >= 0.6 is 0 Å². The van der Waals surface area contributed by atoms with E-state index in [0.717, 1.165) is 12.3 Å². The van der Waals surface area contributed by atoms with Crippen LogP contribution in [0.15, 0.2) is 23.3 Å². The van der Waals surface area contributed by atoms with E-state index in [1.54, 1.807) is 13.0 Å². The Morgan fingerprint density at radius 3 is 2.77 bits per heavy atom. The standard InChI is InChI=1S/C19H19N5O7/c1-11-4-13(9-29-2)14(7-20)19(22-11)31-10-17(25)23-21-8-12-5-15(24(27)28)18(26)16(6-12)30-3/h4-6,8,26H,9-10H2,1-3H3,(H,23,25)/b21-8-. The van der Waals surface area contributed by atoms with Gasteiger partial charge in [0.15, 0.2) is 12.4 Å². The first-order valence-corrected chi connectivity index (χ1v) is 8.70. The molecular weight excluding hydrogens is 410 g/mol. The fraction of sp³-hybridized carbons (Fsp3) is 0.263.